The smallest absolute Gasteiger partial charge is 0.215 e. The summed E-state index contributed by atoms with van der Waals surface area (Å²) in [5.74, 6) is 0. The molecule has 1 nitrogen and oxygen atoms in total. The Hall–Kier alpha value is -1.87. The molecule has 21 heavy (non-hydrogen) atoms. The average molecular weight is 336 g/mol. The molecular weight excluding hydrogens is 321 g/mol. The van der Waals surface area contributed by atoms with Crippen LogP contribution < -0.4 is 10.9 Å². The summed E-state index contributed by atoms with van der Waals surface area (Å²) in [5, 5.41) is 0. The molecule has 102 valence electrons. The van der Waals surface area contributed by atoms with Crippen molar-refractivity contribution in [1.29, 1.82) is 0 Å². The van der Waals surface area contributed by atoms with E-state index in [-0.39, 0.29) is 0 Å². The lowest BCUT2D eigenvalue weighted by Gasteiger charge is -2.15. The van der Waals surface area contributed by atoms with Crippen LogP contribution in [0.15, 0.2) is 83.5 Å². The summed E-state index contributed by atoms with van der Waals surface area (Å²) in [5.41, 5.74) is 3.73. The Bertz CT molecular complexity index is 661. The molecule has 0 radical (unpaired) electrons. The van der Waals surface area contributed by atoms with E-state index in [4.69, 9.17) is 0 Å². The predicted molar refractivity (Wildman–Crippen MR) is 93.5 cm³/mol. The molecule has 0 unspecified atom stereocenters. The lowest BCUT2D eigenvalue weighted by atomic mass is 9.38. The molecule has 3 heteroatoms. The average Bonchev–Trinajstić information content (AvgIpc) is 2.56. The molecule has 0 aliphatic carbocycles. The maximum atomic E-state index is 4.52. The summed E-state index contributed by atoms with van der Waals surface area (Å²) in [6.45, 7) is 0.318. The van der Waals surface area contributed by atoms with Gasteiger partial charge in [-0.1, -0.05) is 71.6 Å². The summed E-state index contributed by atoms with van der Waals surface area (Å²) >= 11 is 3.61. The monoisotopic (exact) mass is 335 g/mol. The maximum absolute atomic E-state index is 4.52. The third-order valence-electron chi connectivity index (χ3n) is 3.64. The molecule has 0 aliphatic heterocycles. The molecule has 0 atom stereocenters. The van der Waals surface area contributed by atoms with Gasteiger partial charge in [-0.05, 0) is 34.4 Å². The van der Waals surface area contributed by atoms with Crippen LogP contribution in [-0.4, -0.2) is 11.7 Å². The molecular formula is C18H15BBrN. The molecule has 3 rings (SSSR count). The van der Waals surface area contributed by atoms with E-state index < -0.39 is 0 Å². The van der Waals surface area contributed by atoms with Gasteiger partial charge in [0.1, 0.15) is 0 Å². The molecule has 0 bridgehead atoms. The van der Waals surface area contributed by atoms with Crippen molar-refractivity contribution >= 4 is 33.6 Å². The summed E-state index contributed by atoms with van der Waals surface area (Å²) < 4.78 is 1.07. The molecule has 0 N–H and O–H groups in total. The first-order valence-electron chi connectivity index (χ1n) is 7.04. The van der Waals surface area contributed by atoms with Gasteiger partial charge in [0.05, 0.1) is 0 Å². The van der Waals surface area contributed by atoms with Crippen molar-refractivity contribution in [3.05, 3.63) is 89.2 Å². The Morgan fingerprint density at radius 3 is 1.86 bits per heavy atom. The fourth-order valence-electron chi connectivity index (χ4n) is 2.56. The van der Waals surface area contributed by atoms with Gasteiger partial charge in [0.25, 0.3) is 0 Å². The van der Waals surface area contributed by atoms with Crippen LogP contribution in [0.25, 0.3) is 0 Å². The van der Waals surface area contributed by atoms with Gasteiger partial charge < -0.3 is 0 Å². The first-order chi connectivity index (χ1) is 10.3. The lowest BCUT2D eigenvalue weighted by molar-refractivity contribution is 1.14. The highest BCUT2D eigenvalue weighted by molar-refractivity contribution is 9.10. The number of rotatable bonds is 4. The fraction of sp³-hybridized carbons (Fsp3) is 0.0556. The van der Waals surface area contributed by atoms with Crippen molar-refractivity contribution in [3.63, 3.8) is 0 Å². The summed E-state index contributed by atoms with van der Waals surface area (Å²) in [6.07, 6.45) is 2.74. The zero-order valence-electron chi connectivity index (χ0n) is 11.6. The van der Waals surface area contributed by atoms with E-state index in [1.165, 1.54) is 10.9 Å². The highest BCUT2D eigenvalue weighted by Gasteiger charge is 2.20. The Labute approximate surface area is 134 Å². The highest BCUT2D eigenvalue weighted by Crippen LogP contribution is 2.14. The van der Waals surface area contributed by atoms with Crippen molar-refractivity contribution in [3.8, 4) is 0 Å². The number of hydrogen-bond acceptors (Lipinski definition) is 1. The van der Waals surface area contributed by atoms with Gasteiger partial charge in [-0.25, -0.2) is 0 Å². The van der Waals surface area contributed by atoms with Crippen molar-refractivity contribution in [2.75, 3.05) is 0 Å². The second-order valence-electron chi connectivity index (χ2n) is 5.01. The van der Waals surface area contributed by atoms with Gasteiger partial charge in [-0.3, -0.25) is 4.98 Å². The number of nitrogens with zero attached hydrogens (tertiary/aromatic N) is 1. The van der Waals surface area contributed by atoms with Crippen LogP contribution in [0, 0.1) is 0 Å². The van der Waals surface area contributed by atoms with E-state index in [9.17, 15) is 0 Å². The van der Waals surface area contributed by atoms with E-state index in [1.54, 1.807) is 0 Å². The van der Waals surface area contributed by atoms with Gasteiger partial charge in [0, 0.05) is 16.4 Å². The molecule has 1 heterocycles. The second-order valence-corrected chi connectivity index (χ2v) is 5.86. The maximum Gasteiger partial charge on any atom is 0.215 e. The third-order valence-corrected chi connectivity index (χ3v) is 4.36. The normalized spacial score (nSPS) is 10.3. The number of hydrogen-bond donors (Lipinski definition) is 0. The summed E-state index contributed by atoms with van der Waals surface area (Å²) in [7, 11) is 0. The molecule has 0 saturated heterocycles. The van der Waals surface area contributed by atoms with Crippen LogP contribution in [0.5, 0.6) is 0 Å². The first-order valence-corrected chi connectivity index (χ1v) is 7.83. The molecule has 0 fully saturated rings. The quantitative estimate of drug-likeness (QED) is 0.667. The van der Waals surface area contributed by atoms with Gasteiger partial charge in [0.15, 0.2) is 0 Å². The van der Waals surface area contributed by atoms with Crippen molar-refractivity contribution in [2.24, 2.45) is 0 Å². The van der Waals surface area contributed by atoms with E-state index in [0.717, 1.165) is 16.5 Å². The third kappa shape index (κ3) is 3.42. The largest absolute Gasteiger partial charge is 0.261 e. The molecule has 1 aromatic heterocycles. The van der Waals surface area contributed by atoms with Crippen LogP contribution in [0.4, 0.5) is 0 Å². The summed E-state index contributed by atoms with van der Waals surface area (Å²) in [4.78, 5) is 4.52. The standard InChI is InChI=1S/C18H15BBrN/c20-17-12-7-13-21-18(17)14-19(15-8-3-1-4-9-15)16-10-5-2-6-11-16/h1-13H,14H2. The van der Waals surface area contributed by atoms with E-state index >= 15 is 0 Å². The number of benzene rings is 2. The topological polar surface area (TPSA) is 12.9 Å². The number of aromatic nitrogens is 1. The predicted octanol–water partition coefficient (Wildman–Crippen LogP) is 3.24. The molecule has 3 aromatic rings. The minimum atomic E-state index is 0.318. The van der Waals surface area contributed by atoms with Gasteiger partial charge in [-0.2, -0.15) is 0 Å². The van der Waals surface area contributed by atoms with E-state index in [1.807, 2.05) is 12.3 Å². The van der Waals surface area contributed by atoms with Crippen molar-refractivity contribution < 1.29 is 0 Å². The first kappa shape index (κ1) is 14.1. The lowest BCUT2D eigenvalue weighted by Crippen LogP contribution is -2.44. The summed E-state index contributed by atoms with van der Waals surface area (Å²) in [6, 6.07) is 25.3. The molecule has 0 aliphatic rings. The Morgan fingerprint density at radius 1 is 0.762 bits per heavy atom. The van der Waals surface area contributed by atoms with Crippen LogP contribution in [0.1, 0.15) is 5.69 Å². The zero-order chi connectivity index (χ0) is 14.5. The van der Waals surface area contributed by atoms with Crippen molar-refractivity contribution in [1.82, 2.24) is 4.98 Å². The van der Waals surface area contributed by atoms with Crippen LogP contribution in [0.3, 0.4) is 0 Å². The molecule has 0 spiro atoms. The Morgan fingerprint density at radius 2 is 1.33 bits per heavy atom. The van der Waals surface area contributed by atoms with E-state index in [0.29, 0.717) is 6.71 Å². The van der Waals surface area contributed by atoms with Crippen LogP contribution in [-0.2, 0) is 6.32 Å². The SMILES string of the molecule is Brc1cccnc1CB(c1ccccc1)c1ccccc1. The fourth-order valence-corrected chi connectivity index (χ4v) is 2.98. The molecule has 2 aromatic carbocycles. The Kier molecular flexibility index (Phi) is 4.51. The van der Waals surface area contributed by atoms with E-state index in [2.05, 4.69) is 87.6 Å². The van der Waals surface area contributed by atoms with Crippen molar-refractivity contribution in [2.45, 2.75) is 6.32 Å². The minimum absolute atomic E-state index is 0.318. The number of halogens is 1. The second kappa shape index (κ2) is 6.73. The Balaban J connectivity index is 1.99. The zero-order valence-corrected chi connectivity index (χ0v) is 13.2. The van der Waals surface area contributed by atoms with Gasteiger partial charge in [-0.15, -0.1) is 0 Å². The molecule has 0 amide bonds. The van der Waals surface area contributed by atoms with Gasteiger partial charge in [0.2, 0.25) is 6.71 Å². The number of pyridine rings is 1. The van der Waals surface area contributed by atoms with Crippen LogP contribution >= 0.6 is 15.9 Å². The molecule has 0 saturated carbocycles. The highest BCUT2D eigenvalue weighted by atomic mass is 79.9. The minimum Gasteiger partial charge on any atom is -0.261 e. The van der Waals surface area contributed by atoms with Gasteiger partial charge >= 0.3 is 0 Å². The van der Waals surface area contributed by atoms with Crippen LogP contribution in [0.2, 0.25) is 0 Å².